The maximum Gasteiger partial charge on any atom is 0.320 e. The fourth-order valence-corrected chi connectivity index (χ4v) is 3.15. The lowest BCUT2D eigenvalue weighted by Gasteiger charge is -2.24. The van der Waals surface area contributed by atoms with Crippen LogP contribution >= 0.6 is 0 Å². The number of carboxylic acids is 1. The Hall–Kier alpha value is -0.610. The largest absolute Gasteiger partial charge is 0.480 e. The van der Waals surface area contributed by atoms with Gasteiger partial charge in [0.05, 0.1) is 0 Å². The van der Waals surface area contributed by atoms with Gasteiger partial charge >= 0.3 is 5.97 Å². The number of likely N-dealkylation sites (tertiary alicyclic amines) is 1. The SMILES string of the molecule is NCCC(C(=O)O)N1CC2CCCC2C1. The van der Waals surface area contributed by atoms with Gasteiger partial charge in [-0.2, -0.15) is 0 Å². The van der Waals surface area contributed by atoms with Crippen LogP contribution in [0.1, 0.15) is 25.7 Å². The van der Waals surface area contributed by atoms with Gasteiger partial charge in [0.25, 0.3) is 0 Å². The second kappa shape index (κ2) is 4.49. The highest BCUT2D eigenvalue weighted by atomic mass is 16.4. The fraction of sp³-hybridized carbons (Fsp3) is 0.909. The van der Waals surface area contributed by atoms with E-state index in [1.807, 2.05) is 0 Å². The lowest BCUT2D eigenvalue weighted by Crippen LogP contribution is -2.41. The first kappa shape index (κ1) is 10.9. The summed E-state index contributed by atoms with van der Waals surface area (Å²) >= 11 is 0. The van der Waals surface area contributed by atoms with Gasteiger partial charge in [0.2, 0.25) is 0 Å². The topological polar surface area (TPSA) is 66.6 Å². The highest BCUT2D eigenvalue weighted by Crippen LogP contribution is 2.38. The number of hydrogen-bond acceptors (Lipinski definition) is 3. The Bertz CT molecular complexity index is 233. The molecule has 15 heavy (non-hydrogen) atoms. The van der Waals surface area contributed by atoms with E-state index in [2.05, 4.69) is 4.90 Å². The summed E-state index contributed by atoms with van der Waals surface area (Å²) in [7, 11) is 0. The highest BCUT2D eigenvalue weighted by molar-refractivity contribution is 5.73. The lowest BCUT2D eigenvalue weighted by molar-refractivity contribution is -0.143. The molecule has 3 atom stereocenters. The van der Waals surface area contributed by atoms with E-state index in [1.54, 1.807) is 0 Å². The zero-order chi connectivity index (χ0) is 10.8. The molecular formula is C11H20N2O2. The van der Waals surface area contributed by atoms with Crippen molar-refractivity contribution < 1.29 is 9.90 Å². The van der Waals surface area contributed by atoms with Crippen molar-refractivity contribution in [1.82, 2.24) is 4.90 Å². The van der Waals surface area contributed by atoms with Gasteiger partial charge in [-0.25, -0.2) is 0 Å². The molecular weight excluding hydrogens is 192 g/mol. The molecule has 1 saturated carbocycles. The molecule has 2 fully saturated rings. The second-order valence-electron chi connectivity index (χ2n) is 4.84. The molecule has 0 aromatic rings. The third-order valence-corrected chi connectivity index (χ3v) is 3.92. The number of carboxylic acid groups (broad SMARTS) is 1. The Morgan fingerprint density at radius 3 is 2.47 bits per heavy atom. The van der Waals surface area contributed by atoms with Crippen LogP contribution in [0.3, 0.4) is 0 Å². The molecule has 1 heterocycles. The molecule has 4 heteroatoms. The van der Waals surface area contributed by atoms with Gasteiger partial charge in [0, 0.05) is 13.1 Å². The van der Waals surface area contributed by atoms with Gasteiger partial charge in [-0.3, -0.25) is 9.69 Å². The van der Waals surface area contributed by atoms with Crippen molar-refractivity contribution >= 4 is 5.97 Å². The predicted molar refractivity (Wildman–Crippen MR) is 57.5 cm³/mol. The molecule has 4 nitrogen and oxygen atoms in total. The van der Waals surface area contributed by atoms with Crippen LogP contribution in [-0.2, 0) is 4.79 Å². The van der Waals surface area contributed by atoms with Crippen molar-refractivity contribution in [2.75, 3.05) is 19.6 Å². The smallest absolute Gasteiger partial charge is 0.320 e. The molecule has 2 rings (SSSR count). The maximum absolute atomic E-state index is 11.1. The zero-order valence-electron chi connectivity index (χ0n) is 9.06. The first-order chi connectivity index (χ1) is 7.22. The second-order valence-corrected chi connectivity index (χ2v) is 4.84. The summed E-state index contributed by atoms with van der Waals surface area (Å²) in [5, 5.41) is 9.13. The van der Waals surface area contributed by atoms with Crippen molar-refractivity contribution in [1.29, 1.82) is 0 Å². The Morgan fingerprint density at radius 2 is 2.00 bits per heavy atom. The van der Waals surface area contributed by atoms with E-state index in [-0.39, 0.29) is 6.04 Å². The van der Waals surface area contributed by atoms with Gasteiger partial charge in [0.1, 0.15) is 6.04 Å². The minimum Gasteiger partial charge on any atom is -0.480 e. The summed E-state index contributed by atoms with van der Waals surface area (Å²) < 4.78 is 0. The van der Waals surface area contributed by atoms with Crippen molar-refractivity contribution in [2.45, 2.75) is 31.7 Å². The average molecular weight is 212 g/mol. The Morgan fingerprint density at radius 1 is 1.40 bits per heavy atom. The number of carbonyl (C=O) groups is 1. The molecule has 3 unspecified atom stereocenters. The van der Waals surface area contributed by atoms with Crippen molar-refractivity contribution in [3.63, 3.8) is 0 Å². The molecule has 2 aliphatic rings. The van der Waals surface area contributed by atoms with Crippen LogP contribution in [0.2, 0.25) is 0 Å². The third kappa shape index (κ3) is 2.16. The summed E-state index contributed by atoms with van der Waals surface area (Å²) in [6, 6.07) is -0.347. The summed E-state index contributed by atoms with van der Waals surface area (Å²) in [6.07, 6.45) is 4.48. The third-order valence-electron chi connectivity index (χ3n) is 3.92. The number of rotatable bonds is 4. The van der Waals surface area contributed by atoms with Gasteiger partial charge in [-0.05, 0) is 37.6 Å². The molecule has 1 aliphatic carbocycles. The minimum atomic E-state index is -0.708. The molecule has 0 amide bonds. The first-order valence-electron chi connectivity index (χ1n) is 5.89. The molecule has 0 spiro atoms. The molecule has 86 valence electrons. The monoisotopic (exact) mass is 212 g/mol. The standard InChI is InChI=1S/C11H20N2O2/c12-5-4-10(11(14)15)13-6-8-2-1-3-9(8)7-13/h8-10H,1-7,12H2,(H,14,15). The minimum absolute atomic E-state index is 0.347. The average Bonchev–Trinajstić information content (AvgIpc) is 2.72. The Labute approximate surface area is 90.4 Å². The molecule has 0 aromatic heterocycles. The van der Waals surface area contributed by atoms with E-state index in [1.165, 1.54) is 19.3 Å². The van der Waals surface area contributed by atoms with Crippen LogP contribution in [0, 0.1) is 11.8 Å². The van der Waals surface area contributed by atoms with E-state index in [0.29, 0.717) is 13.0 Å². The summed E-state index contributed by atoms with van der Waals surface area (Å²) in [4.78, 5) is 13.2. The van der Waals surface area contributed by atoms with Gasteiger partial charge in [0.15, 0.2) is 0 Å². The lowest BCUT2D eigenvalue weighted by atomic mass is 10.0. The van der Waals surface area contributed by atoms with E-state index < -0.39 is 5.97 Å². The normalized spacial score (nSPS) is 32.9. The van der Waals surface area contributed by atoms with E-state index >= 15 is 0 Å². The van der Waals surface area contributed by atoms with Gasteiger partial charge in [-0.1, -0.05) is 6.42 Å². The van der Waals surface area contributed by atoms with Crippen molar-refractivity contribution in [3.8, 4) is 0 Å². The predicted octanol–water partition coefficient (Wildman–Crippen LogP) is 0.520. The molecule has 1 aliphatic heterocycles. The fourth-order valence-electron chi connectivity index (χ4n) is 3.15. The van der Waals surface area contributed by atoms with Gasteiger partial charge in [-0.15, -0.1) is 0 Å². The van der Waals surface area contributed by atoms with Crippen LogP contribution in [0.4, 0.5) is 0 Å². The summed E-state index contributed by atoms with van der Waals surface area (Å²) in [5.41, 5.74) is 5.46. The number of nitrogens with two attached hydrogens (primary N) is 1. The Kier molecular flexibility index (Phi) is 3.26. The highest BCUT2D eigenvalue weighted by Gasteiger charge is 2.40. The van der Waals surface area contributed by atoms with Crippen LogP contribution < -0.4 is 5.73 Å². The molecule has 0 radical (unpaired) electrons. The van der Waals surface area contributed by atoms with E-state index in [4.69, 9.17) is 10.8 Å². The molecule has 0 bridgehead atoms. The molecule has 0 aromatic carbocycles. The van der Waals surface area contributed by atoms with Crippen LogP contribution in [0.5, 0.6) is 0 Å². The summed E-state index contributed by atoms with van der Waals surface area (Å²) in [6.45, 7) is 2.41. The first-order valence-corrected chi connectivity index (χ1v) is 5.89. The maximum atomic E-state index is 11.1. The number of fused-ring (bicyclic) bond motifs is 1. The quantitative estimate of drug-likeness (QED) is 0.713. The number of aliphatic carboxylic acids is 1. The number of nitrogens with zero attached hydrogens (tertiary/aromatic N) is 1. The van der Waals surface area contributed by atoms with Crippen molar-refractivity contribution in [2.24, 2.45) is 17.6 Å². The van der Waals surface area contributed by atoms with E-state index in [9.17, 15) is 4.79 Å². The van der Waals surface area contributed by atoms with Gasteiger partial charge < -0.3 is 10.8 Å². The number of hydrogen-bond donors (Lipinski definition) is 2. The zero-order valence-corrected chi connectivity index (χ0v) is 9.06. The van der Waals surface area contributed by atoms with E-state index in [0.717, 1.165) is 24.9 Å². The summed E-state index contributed by atoms with van der Waals surface area (Å²) in [5.74, 6) is 0.801. The van der Waals surface area contributed by atoms with Crippen molar-refractivity contribution in [3.05, 3.63) is 0 Å². The van der Waals surface area contributed by atoms with Crippen LogP contribution in [0.25, 0.3) is 0 Å². The molecule has 1 saturated heterocycles. The van der Waals surface area contributed by atoms with Crippen LogP contribution in [0.15, 0.2) is 0 Å². The molecule has 3 N–H and O–H groups in total. The van der Waals surface area contributed by atoms with Crippen LogP contribution in [-0.4, -0.2) is 41.7 Å². The Balaban J connectivity index is 1.95.